The second kappa shape index (κ2) is 6.76. The van der Waals surface area contributed by atoms with Gasteiger partial charge in [-0.3, -0.25) is 0 Å². The van der Waals surface area contributed by atoms with Crippen LogP contribution in [-0.4, -0.2) is 7.05 Å². The van der Waals surface area contributed by atoms with Crippen molar-refractivity contribution in [2.24, 2.45) is 11.8 Å². The van der Waals surface area contributed by atoms with Gasteiger partial charge in [0.15, 0.2) is 0 Å². The first-order chi connectivity index (χ1) is 9.19. The lowest BCUT2D eigenvalue weighted by atomic mass is 9.72. The minimum Gasteiger partial charge on any atom is -0.313 e. The first kappa shape index (κ1) is 14.9. The molecule has 0 saturated heterocycles. The molecule has 0 amide bonds. The minimum atomic E-state index is 0.401. The Morgan fingerprint density at radius 1 is 1.32 bits per heavy atom. The van der Waals surface area contributed by atoms with Crippen LogP contribution < -0.4 is 5.32 Å². The predicted molar refractivity (Wildman–Crippen MR) is 83.7 cm³/mol. The van der Waals surface area contributed by atoms with Gasteiger partial charge < -0.3 is 5.32 Å². The van der Waals surface area contributed by atoms with Gasteiger partial charge in [-0.15, -0.1) is 0 Å². The van der Waals surface area contributed by atoms with Crippen LogP contribution in [0.1, 0.15) is 56.2 Å². The SMILES string of the molecule is CCC1CCCCC1C(NC)c1cccc(C)c1Cl. The van der Waals surface area contributed by atoms with Crippen molar-refractivity contribution in [1.82, 2.24) is 5.32 Å². The van der Waals surface area contributed by atoms with Crippen molar-refractivity contribution in [3.63, 3.8) is 0 Å². The first-order valence-electron chi connectivity index (χ1n) is 7.61. The van der Waals surface area contributed by atoms with E-state index < -0.39 is 0 Å². The van der Waals surface area contributed by atoms with Crippen LogP contribution in [0.4, 0.5) is 0 Å². The molecule has 3 atom stereocenters. The summed E-state index contributed by atoms with van der Waals surface area (Å²) < 4.78 is 0. The summed E-state index contributed by atoms with van der Waals surface area (Å²) in [6.07, 6.45) is 6.75. The summed E-state index contributed by atoms with van der Waals surface area (Å²) in [6, 6.07) is 6.82. The van der Waals surface area contributed by atoms with Crippen LogP contribution in [0.25, 0.3) is 0 Å². The maximum Gasteiger partial charge on any atom is 0.0483 e. The van der Waals surface area contributed by atoms with Crippen molar-refractivity contribution >= 4 is 11.6 Å². The van der Waals surface area contributed by atoms with Crippen molar-refractivity contribution in [1.29, 1.82) is 0 Å². The molecule has 2 heteroatoms. The van der Waals surface area contributed by atoms with Crippen LogP contribution in [-0.2, 0) is 0 Å². The summed E-state index contributed by atoms with van der Waals surface area (Å²) >= 11 is 6.54. The highest BCUT2D eigenvalue weighted by atomic mass is 35.5. The van der Waals surface area contributed by atoms with Gasteiger partial charge in [0.25, 0.3) is 0 Å². The maximum atomic E-state index is 6.54. The lowest BCUT2D eigenvalue weighted by Gasteiger charge is -2.37. The minimum absolute atomic E-state index is 0.401. The second-order valence-electron chi connectivity index (χ2n) is 5.86. The zero-order valence-electron chi connectivity index (χ0n) is 12.4. The first-order valence-corrected chi connectivity index (χ1v) is 7.99. The Labute approximate surface area is 122 Å². The normalized spacial score (nSPS) is 25.3. The van der Waals surface area contributed by atoms with Crippen LogP contribution in [0.2, 0.25) is 5.02 Å². The van der Waals surface area contributed by atoms with Crippen molar-refractivity contribution in [3.05, 3.63) is 34.3 Å². The Hall–Kier alpha value is -0.530. The van der Waals surface area contributed by atoms with Crippen LogP contribution in [0.5, 0.6) is 0 Å². The van der Waals surface area contributed by atoms with E-state index in [4.69, 9.17) is 11.6 Å². The molecule has 0 spiro atoms. The van der Waals surface area contributed by atoms with E-state index in [2.05, 4.69) is 44.4 Å². The van der Waals surface area contributed by atoms with E-state index in [9.17, 15) is 0 Å². The zero-order chi connectivity index (χ0) is 13.8. The largest absolute Gasteiger partial charge is 0.313 e. The number of hydrogen-bond donors (Lipinski definition) is 1. The molecule has 3 unspecified atom stereocenters. The molecule has 2 rings (SSSR count). The van der Waals surface area contributed by atoms with Gasteiger partial charge in [-0.05, 0) is 43.4 Å². The Bertz CT molecular complexity index is 416. The molecular formula is C17H26ClN. The van der Waals surface area contributed by atoms with Gasteiger partial charge in [0.05, 0.1) is 0 Å². The van der Waals surface area contributed by atoms with Gasteiger partial charge in [-0.25, -0.2) is 0 Å². The second-order valence-corrected chi connectivity index (χ2v) is 6.24. The summed E-state index contributed by atoms with van der Waals surface area (Å²) in [4.78, 5) is 0. The topological polar surface area (TPSA) is 12.0 Å². The smallest absolute Gasteiger partial charge is 0.0483 e. The van der Waals surface area contributed by atoms with Crippen LogP contribution in [0, 0.1) is 18.8 Å². The van der Waals surface area contributed by atoms with Gasteiger partial charge in [0, 0.05) is 11.1 Å². The molecule has 1 aliphatic carbocycles. The Balaban J connectivity index is 2.30. The van der Waals surface area contributed by atoms with E-state index >= 15 is 0 Å². The number of halogens is 1. The molecule has 1 aliphatic rings. The van der Waals surface area contributed by atoms with Gasteiger partial charge in [-0.2, -0.15) is 0 Å². The third-order valence-electron chi connectivity index (χ3n) is 4.79. The summed E-state index contributed by atoms with van der Waals surface area (Å²) in [5, 5.41) is 4.48. The highest BCUT2D eigenvalue weighted by Gasteiger charge is 2.31. The van der Waals surface area contributed by atoms with Crippen LogP contribution in [0.3, 0.4) is 0 Å². The Morgan fingerprint density at radius 3 is 2.74 bits per heavy atom. The Kier molecular flexibility index (Phi) is 5.29. The summed E-state index contributed by atoms with van der Waals surface area (Å²) in [7, 11) is 2.07. The quantitative estimate of drug-likeness (QED) is 0.806. The molecule has 106 valence electrons. The summed E-state index contributed by atoms with van der Waals surface area (Å²) in [5.74, 6) is 1.56. The van der Waals surface area contributed by atoms with Gasteiger partial charge in [-0.1, -0.05) is 62.4 Å². The number of benzene rings is 1. The molecular weight excluding hydrogens is 254 g/mol. The molecule has 1 nitrogen and oxygen atoms in total. The third-order valence-corrected chi connectivity index (χ3v) is 5.30. The third kappa shape index (κ3) is 3.14. The maximum absolute atomic E-state index is 6.54. The van der Waals surface area contributed by atoms with E-state index in [-0.39, 0.29) is 0 Å². The fourth-order valence-corrected chi connectivity index (χ4v) is 3.94. The molecule has 1 fully saturated rings. The summed E-state index contributed by atoms with van der Waals surface area (Å²) in [5.41, 5.74) is 2.47. The molecule has 1 aromatic carbocycles. The lowest BCUT2D eigenvalue weighted by molar-refractivity contribution is 0.180. The average molecular weight is 280 g/mol. The monoisotopic (exact) mass is 279 g/mol. The van der Waals surface area contributed by atoms with E-state index in [0.29, 0.717) is 6.04 Å². The number of aryl methyl sites for hydroxylation is 1. The fourth-order valence-electron chi connectivity index (χ4n) is 3.69. The van der Waals surface area contributed by atoms with E-state index in [1.165, 1.54) is 43.2 Å². The van der Waals surface area contributed by atoms with Crippen molar-refractivity contribution in [2.75, 3.05) is 7.05 Å². The van der Waals surface area contributed by atoms with Gasteiger partial charge in [0.1, 0.15) is 0 Å². The standard InChI is InChI=1S/C17H26ClN/c1-4-13-9-5-6-10-14(13)17(19-3)15-11-7-8-12(2)16(15)18/h7-8,11,13-14,17,19H,4-6,9-10H2,1-3H3. The van der Waals surface area contributed by atoms with Gasteiger partial charge in [0.2, 0.25) is 0 Å². The van der Waals surface area contributed by atoms with Crippen LogP contribution >= 0.6 is 11.6 Å². The van der Waals surface area contributed by atoms with Crippen molar-refractivity contribution in [3.8, 4) is 0 Å². The molecule has 1 N–H and O–H groups in total. The predicted octanol–water partition coefficient (Wildman–Crippen LogP) is 5.13. The van der Waals surface area contributed by atoms with Gasteiger partial charge >= 0.3 is 0 Å². The van der Waals surface area contributed by atoms with Crippen molar-refractivity contribution < 1.29 is 0 Å². The molecule has 0 bridgehead atoms. The number of nitrogens with one attached hydrogen (secondary N) is 1. The Morgan fingerprint density at radius 2 is 2.05 bits per heavy atom. The number of rotatable bonds is 4. The summed E-state index contributed by atoms with van der Waals surface area (Å²) in [6.45, 7) is 4.42. The lowest BCUT2D eigenvalue weighted by Crippen LogP contribution is -2.32. The number of hydrogen-bond acceptors (Lipinski definition) is 1. The fraction of sp³-hybridized carbons (Fsp3) is 0.647. The highest BCUT2D eigenvalue weighted by molar-refractivity contribution is 6.32. The van der Waals surface area contributed by atoms with E-state index in [1.54, 1.807) is 0 Å². The van der Waals surface area contributed by atoms with Crippen molar-refractivity contribution in [2.45, 2.75) is 52.0 Å². The molecule has 0 radical (unpaired) electrons. The van der Waals surface area contributed by atoms with E-state index in [0.717, 1.165) is 16.9 Å². The average Bonchev–Trinajstić information content (AvgIpc) is 2.45. The van der Waals surface area contributed by atoms with E-state index in [1.807, 2.05) is 0 Å². The van der Waals surface area contributed by atoms with Crippen LogP contribution in [0.15, 0.2) is 18.2 Å². The molecule has 0 aromatic heterocycles. The molecule has 19 heavy (non-hydrogen) atoms. The molecule has 1 aromatic rings. The molecule has 0 aliphatic heterocycles. The molecule has 1 saturated carbocycles. The highest BCUT2D eigenvalue weighted by Crippen LogP contribution is 2.42. The zero-order valence-corrected chi connectivity index (χ0v) is 13.1. The molecule has 0 heterocycles.